The molecular formula is C7H11NO. The smallest absolute Gasteiger partial charge is 0.226 e. The van der Waals surface area contributed by atoms with Gasteiger partial charge in [0.2, 0.25) is 5.91 Å². The van der Waals surface area contributed by atoms with E-state index in [0.29, 0.717) is 6.42 Å². The zero-order valence-corrected chi connectivity index (χ0v) is 5.63. The van der Waals surface area contributed by atoms with E-state index < -0.39 is 0 Å². The molecule has 0 aromatic rings. The van der Waals surface area contributed by atoms with Gasteiger partial charge in [-0.05, 0) is 6.42 Å². The molecule has 0 bridgehead atoms. The van der Waals surface area contributed by atoms with Gasteiger partial charge in [-0.1, -0.05) is 12.2 Å². The minimum absolute atomic E-state index is 0.226. The lowest BCUT2D eigenvalue weighted by Gasteiger charge is -2.12. The highest BCUT2D eigenvalue weighted by atomic mass is 16.2. The van der Waals surface area contributed by atoms with Crippen LogP contribution in [-0.2, 0) is 4.79 Å². The zero-order chi connectivity index (χ0) is 6.69. The topological polar surface area (TPSA) is 20.3 Å². The molecular weight excluding hydrogens is 114 g/mol. The van der Waals surface area contributed by atoms with Gasteiger partial charge in [-0.2, -0.15) is 0 Å². The molecule has 0 fully saturated rings. The van der Waals surface area contributed by atoms with E-state index in [9.17, 15) is 4.79 Å². The Hall–Kier alpha value is -0.790. The Labute approximate surface area is 55.2 Å². The van der Waals surface area contributed by atoms with Crippen molar-refractivity contribution < 1.29 is 4.79 Å². The van der Waals surface area contributed by atoms with Crippen LogP contribution in [-0.4, -0.2) is 24.4 Å². The summed E-state index contributed by atoms with van der Waals surface area (Å²) < 4.78 is 0. The van der Waals surface area contributed by atoms with Gasteiger partial charge >= 0.3 is 0 Å². The number of rotatable bonds is 0. The van der Waals surface area contributed by atoms with Crippen molar-refractivity contribution in [2.24, 2.45) is 0 Å². The summed E-state index contributed by atoms with van der Waals surface area (Å²) in [5.41, 5.74) is 0. The first-order valence-corrected chi connectivity index (χ1v) is 3.19. The van der Waals surface area contributed by atoms with Crippen LogP contribution in [0.3, 0.4) is 0 Å². The van der Waals surface area contributed by atoms with Gasteiger partial charge in [0.15, 0.2) is 0 Å². The van der Waals surface area contributed by atoms with Crippen LogP contribution < -0.4 is 0 Å². The first kappa shape index (κ1) is 6.33. The fraction of sp³-hybridized carbons (Fsp3) is 0.571. The van der Waals surface area contributed by atoms with Gasteiger partial charge in [0, 0.05) is 20.0 Å². The van der Waals surface area contributed by atoms with E-state index in [1.165, 1.54) is 0 Å². The Kier molecular flexibility index (Phi) is 1.88. The van der Waals surface area contributed by atoms with Crippen molar-refractivity contribution in [1.29, 1.82) is 0 Å². The summed E-state index contributed by atoms with van der Waals surface area (Å²) in [6.45, 7) is 0.870. The average molecular weight is 125 g/mol. The van der Waals surface area contributed by atoms with Gasteiger partial charge in [0.1, 0.15) is 0 Å². The lowest BCUT2D eigenvalue weighted by atomic mass is 10.3. The fourth-order valence-corrected chi connectivity index (χ4v) is 0.851. The Morgan fingerprint density at radius 1 is 1.56 bits per heavy atom. The van der Waals surface area contributed by atoms with Crippen LogP contribution >= 0.6 is 0 Å². The molecule has 0 saturated heterocycles. The van der Waals surface area contributed by atoms with E-state index in [0.717, 1.165) is 13.0 Å². The van der Waals surface area contributed by atoms with E-state index in [2.05, 4.69) is 6.08 Å². The Balaban J connectivity index is 2.52. The first-order valence-electron chi connectivity index (χ1n) is 3.19. The molecule has 0 aliphatic carbocycles. The molecule has 0 unspecified atom stereocenters. The molecule has 0 aromatic carbocycles. The van der Waals surface area contributed by atoms with Crippen molar-refractivity contribution in [2.45, 2.75) is 12.8 Å². The predicted octanol–water partition coefficient (Wildman–Crippen LogP) is 0.795. The summed E-state index contributed by atoms with van der Waals surface area (Å²) in [5.74, 6) is 0.226. The summed E-state index contributed by atoms with van der Waals surface area (Å²) in [6, 6.07) is 0. The molecule has 0 radical (unpaired) electrons. The predicted molar refractivity (Wildman–Crippen MR) is 36.0 cm³/mol. The third-order valence-electron chi connectivity index (χ3n) is 1.52. The van der Waals surface area contributed by atoms with Crippen molar-refractivity contribution in [2.75, 3.05) is 13.6 Å². The van der Waals surface area contributed by atoms with Gasteiger partial charge in [-0.25, -0.2) is 0 Å². The Morgan fingerprint density at radius 3 is 3.11 bits per heavy atom. The summed E-state index contributed by atoms with van der Waals surface area (Å²) in [7, 11) is 1.84. The lowest BCUT2D eigenvalue weighted by molar-refractivity contribution is -0.128. The van der Waals surface area contributed by atoms with E-state index in [4.69, 9.17) is 0 Å². The van der Waals surface area contributed by atoms with Crippen LogP contribution in [0.1, 0.15) is 12.8 Å². The maximum absolute atomic E-state index is 10.9. The normalized spacial score (nSPS) is 20.1. The molecule has 1 heterocycles. The second kappa shape index (κ2) is 2.67. The third-order valence-corrected chi connectivity index (χ3v) is 1.52. The molecule has 0 spiro atoms. The molecule has 1 rings (SSSR count). The van der Waals surface area contributed by atoms with Crippen LogP contribution in [0.25, 0.3) is 0 Å². The number of amides is 1. The maximum atomic E-state index is 10.9. The minimum Gasteiger partial charge on any atom is -0.345 e. The van der Waals surface area contributed by atoms with E-state index in [1.807, 2.05) is 13.1 Å². The Morgan fingerprint density at radius 2 is 2.33 bits per heavy atom. The lowest BCUT2D eigenvalue weighted by Crippen LogP contribution is -2.25. The van der Waals surface area contributed by atoms with Gasteiger partial charge < -0.3 is 4.90 Å². The highest BCUT2D eigenvalue weighted by molar-refractivity contribution is 5.77. The molecule has 0 atom stereocenters. The average Bonchev–Trinajstić information content (AvgIpc) is 1.99. The number of nitrogens with zero attached hydrogens (tertiary/aromatic N) is 1. The van der Waals surface area contributed by atoms with Crippen LogP contribution in [0.4, 0.5) is 0 Å². The zero-order valence-electron chi connectivity index (χ0n) is 5.63. The van der Waals surface area contributed by atoms with Crippen molar-refractivity contribution in [3.8, 4) is 0 Å². The monoisotopic (exact) mass is 125 g/mol. The molecule has 2 nitrogen and oxygen atoms in total. The van der Waals surface area contributed by atoms with Crippen molar-refractivity contribution in [1.82, 2.24) is 4.90 Å². The molecule has 0 N–H and O–H groups in total. The Bertz CT molecular complexity index is 140. The summed E-state index contributed by atoms with van der Waals surface area (Å²) in [5, 5.41) is 0. The third kappa shape index (κ3) is 1.56. The largest absolute Gasteiger partial charge is 0.345 e. The van der Waals surface area contributed by atoms with Gasteiger partial charge in [0.25, 0.3) is 0 Å². The van der Waals surface area contributed by atoms with Gasteiger partial charge in [-0.3, -0.25) is 4.79 Å². The van der Waals surface area contributed by atoms with Crippen molar-refractivity contribution >= 4 is 5.91 Å². The summed E-state index contributed by atoms with van der Waals surface area (Å²) >= 11 is 0. The standard InChI is InChI=1S/C7H11NO/c1-8-6-4-2-3-5-7(8)9/h2-3H,4-6H2,1H3. The second-order valence-corrected chi connectivity index (χ2v) is 2.28. The molecule has 1 amide bonds. The molecule has 1 aliphatic rings. The first-order chi connectivity index (χ1) is 4.30. The van der Waals surface area contributed by atoms with Gasteiger partial charge in [-0.15, -0.1) is 0 Å². The number of carbonyl (C=O) groups excluding carboxylic acids is 1. The van der Waals surface area contributed by atoms with E-state index in [1.54, 1.807) is 4.90 Å². The highest BCUT2D eigenvalue weighted by Crippen LogP contribution is 2.00. The minimum atomic E-state index is 0.226. The molecule has 50 valence electrons. The summed E-state index contributed by atoms with van der Waals surface area (Å²) in [4.78, 5) is 12.7. The van der Waals surface area contributed by atoms with Gasteiger partial charge in [0.05, 0.1) is 0 Å². The van der Waals surface area contributed by atoms with E-state index in [-0.39, 0.29) is 5.91 Å². The number of carbonyl (C=O) groups is 1. The van der Waals surface area contributed by atoms with Crippen molar-refractivity contribution in [3.05, 3.63) is 12.2 Å². The van der Waals surface area contributed by atoms with Crippen LogP contribution in [0.15, 0.2) is 12.2 Å². The molecule has 0 aromatic heterocycles. The maximum Gasteiger partial charge on any atom is 0.226 e. The second-order valence-electron chi connectivity index (χ2n) is 2.28. The highest BCUT2D eigenvalue weighted by Gasteiger charge is 2.06. The van der Waals surface area contributed by atoms with E-state index >= 15 is 0 Å². The molecule has 9 heavy (non-hydrogen) atoms. The SMILES string of the molecule is CN1CCC=CCC1=O. The van der Waals surface area contributed by atoms with Crippen LogP contribution in [0.5, 0.6) is 0 Å². The number of hydrogen-bond acceptors (Lipinski definition) is 1. The molecule has 1 aliphatic heterocycles. The fourth-order valence-electron chi connectivity index (χ4n) is 0.851. The van der Waals surface area contributed by atoms with Crippen LogP contribution in [0, 0.1) is 0 Å². The quantitative estimate of drug-likeness (QED) is 0.438. The van der Waals surface area contributed by atoms with Crippen LogP contribution in [0.2, 0.25) is 0 Å². The molecule has 2 heteroatoms. The van der Waals surface area contributed by atoms with Crippen molar-refractivity contribution in [3.63, 3.8) is 0 Å². The summed E-state index contributed by atoms with van der Waals surface area (Å²) in [6.07, 6.45) is 5.58. The number of hydrogen-bond donors (Lipinski definition) is 0. The molecule has 0 saturated carbocycles.